The van der Waals surface area contributed by atoms with E-state index in [0.717, 1.165) is 10.0 Å². The van der Waals surface area contributed by atoms with Gasteiger partial charge in [0, 0.05) is 30.2 Å². The molecule has 1 N–H and O–H groups in total. The molecule has 0 bridgehead atoms. The molecule has 0 saturated carbocycles. The van der Waals surface area contributed by atoms with Gasteiger partial charge in [-0.15, -0.1) is 0 Å². The molecule has 2 nitrogen and oxygen atoms in total. The number of ether oxygens (including phenoxy) is 1. The van der Waals surface area contributed by atoms with Crippen LogP contribution in [0.1, 0.15) is 16.7 Å². The average molecular weight is 338 g/mol. The first-order chi connectivity index (χ1) is 9.70. The molecule has 0 aliphatic rings. The second kappa shape index (κ2) is 7.53. The molecule has 0 saturated heterocycles. The Bertz CT molecular complexity index is 574. The van der Waals surface area contributed by atoms with Crippen LogP contribution >= 0.6 is 15.9 Å². The Morgan fingerprint density at radius 3 is 2.50 bits per heavy atom. The molecule has 2 rings (SSSR count). The summed E-state index contributed by atoms with van der Waals surface area (Å²) in [5.74, 6) is -0.189. The van der Waals surface area contributed by atoms with E-state index in [0.29, 0.717) is 25.3 Å². The Morgan fingerprint density at radius 2 is 1.75 bits per heavy atom. The highest BCUT2D eigenvalue weighted by Crippen LogP contribution is 2.16. The van der Waals surface area contributed by atoms with Crippen molar-refractivity contribution in [3.05, 3.63) is 69.4 Å². The zero-order chi connectivity index (χ0) is 14.4. The van der Waals surface area contributed by atoms with E-state index in [1.807, 2.05) is 18.2 Å². The minimum atomic E-state index is -0.189. The molecule has 0 heterocycles. The van der Waals surface area contributed by atoms with Crippen molar-refractivity contribution in [3.63, 3.8) is 0 Å². The van der Waals surface area contributed by atoms with Crippen LogP contribution in [-0.4, -0.2) is 7.11 Å². The molecule has 0 radical (unpaired) electrons. The molecule has 0 atom stereocenters. The van der Waals surface area contributed by atoms with E-state index in [1.54, 1.807) is 19.2 Å². The van der Waals surface area contributed by atoms with Gasteiger partial charge in [-0.1, -0.05) is 40.2 Å². The van der Waals surface area contributed by atoms with Crippen LogP contribution in [0, 0.1) is 5.82 Å². The van der Waals surface area contributed by atoms with Gasteiger partial charge in [-0.2, -0.15) is 0 Å². The highest BCUT2D eigenvalue weighted by molar-refractivity contribution is 9.10. The van der Waals surface area contributed by atoms with Crippen molar-refractivity contribution in [1.29, 1.82) is 0 Å². The van der Waals surface area contributed by atoms with Gasteiger partial charge in [-0.3, -0.25) is 0 Å². The summed E-state index contributed by atoms with van der Waals surface area (Å²) in [5, 5.41) is 3.27. The van der Waals surface area contributed by atoms with Crippen LogP contribution in [-0.2, 0) is 24.4 Å². The van der Waals surface area contributed by atoms with E-state index >= 15 is 0 Å². The number of benzene rings is 2. The molecule has 20 heavy (non-hydrogen) atoms. The van der Waals surface area contributed by atoms with Crippen LogP contribution in [0.4, 0.5) is 4.39 Å². The summed E-state index contributed by atoms with van der Waals surface area (Å²) in [6.45, 7) is 1.77. The fraction of sp³-hybridized carbons (Fsp3) is 0.250. The number of nitrogens with one attached hydrogen (secondary N) is 1. The minimum Gasteiger partial charge on any atom is -0.380 e. The number of hydrogen-bond donors (Lipinski definition) is 1. The number of methoxy groups -OCH3 is 1. The fourth-order valence-corrected chi connectivity index (χ4v) is 2.45. The monoisotopic (exact) mass is 337 g/mol. The van der Waals surface area contributed by atoms with Gasteiger partial charge in [0.25, 0.3) is 0 Å². The van der Waals surface area contributed by atoms with Gasteiger partial charge >= 0.3 is 0 Å². The molecule has 106 valence electrons. The van der Waals surface area contributed by atoms with Crippen molar-refractivity contribution in [2.75, 3.05) is 7.11 Å². The first-order valence-corrected chi connectivity index (χ1v) is 7.20. The maximum absolute atomic E-state index is 13.6. The molecule has 0 spiro atoms. The van der Waals surface area contributed by atoms with Crippen LogP contribution < -0.4 is 5.32 Å². The lowest BCUT2D eigenvalue weighted by Gasteiger charge is -2.10. The second-order valence-electron chi connectivity index (χ2n) is 4.54. The number of rotatable bonds is 6. The standard InChI is InChI=1S/C16H17BrFNO/c1-20-11-13-5-3-2-4-12(13)9-19-10-14-8-15(17)6-7-16(14)18/h2-8,19H,9-11H2,1H3. The van der Waals surface area contributed by atoms with Crippen molar-refractivity contribution >= 4 is 15.9 Å². The molecule has 0 fully saturated rings. The van der Waals surface area contributed by atoms with E-state index in [1.165, 1.54) is 11.6 Å². The minimum absolute atomic E-state index is 0.189. The van der Waals surface area contributed by atoms with Gasteiger partial charge < -0.3 is 10.1 Å². The van der Waals surface area contributed by atoms with Gasteiger partial charge in [-0.05, 0) is 29.3 Å². The van der Waals surface area contributed by atoms with Crippen LogP contribution in [0.3, 0.4) is 0 Å². The summed E-state index contributed by atoms with van der Waals surface area (Å²) in [5.41, 5.74) is 2.98. The van der Waals surface area contributed by atoms with Crippen molar-refractivity contribution in [1.82, 2.24) is 5.32 Å². The Labute approximate surface area is 127 Å². The molecule has 2 aromatic rings. The molecular formula is C16H17BrFNO. The molecule has 0 aromatic heterocycles. The van der Waals surface area contributed by atoms with E-state index in [4.69, 9.17) is 4.74 Å². The Hall–Kier alpha value is -1.23. The van der Waals surface area contributed by atoms with Gasteiger partial charge in [0.05, 0.1) is 6.61 Å². The topological polar surface area (TPSA) is 21.3 Å². The fourth-order valence-electron chi connectivity index (χ4n) is 2.04. The van der Waals surface area contributed by atoms with Gasteiger partial charge in [0.2, 0.25) is 0 Å². The van der Waals surface area contributed by atoms with Gasteiger partial charge in [0.15, 0.2) is 0 Å². The molecule has 4 heteroatoms. The van der Waals surface area contributed by atoms with E-state index in [-0.39, 0.29) is 5.82 Å². The lowest BCUT2D eigenvalue weighted by atomic mass is 10.1. The second-order valence-corrected chi connectivity index (χ2v) is 5.46. The summed E-state index contributed by atoms with van der Waals surface area (Å²) in [4.78, 5) is 0. The molecule has 0 aliphatic heterocycles. The highest BCUT2D eigenvalue weighted by Gasteiger charge is 2.04. The molecule has 2 aromatic carbocycles. The Kier molecular flexibility index (Phi) is 5.71. The van der Waals surface area contributed by atoms with Crippen molar-refractivity contribution in [2.45, 2.75) is 19.7 Å². The van der Waals surface area contributed by atoms with Crippen LogP contribution in [0.5, 0.6) is 0 Å². The zero-order valence-corrected chi connectivity index (χ0v) is 12.9. The van der Waals surface area contributed by atoms with Crippen molar-refractivity contribution < 1.29 is 9.13 Å². The summed E-state index contributed by atoms with van der Waals surface area (Å²) in [6.07, 6.45) is 0. The molecule has 0 amide bonds. The molecular weight excluding hydrogens is 321 g/mol. The largest absolute Gasteiger partial charge is 0.380 e. The number of halogens is 2. The highest BCUT2D eigenvalue weighted by atomic mass is 79.9. The third-order valence-corrected chi connectivity index (χ3v) is 3.55. The first-order valence-electron chi connectivity index (χ1n) is 6.41. The van der Waals surface area contributed by atoms with Gasteiger partial charge in [0.1, 0.15) is 5.82 Å². The SMILES string of the molecule is COCc1ccccc1CNCc1cc(Br)ccc1F. The van der Waals surface area contributed by atoms with E-state index in [2.05, 4.69) is 27.3 Å². The maximum atomic E-state index is 13.6. The summed E-state index contributed by atoms with van der Waals surface area (Å²) < 4.78 is 19.7. The lowest BCUT2D eigenvalue weighted by molar-refractivity contribution is 0.184. The van der Waals surface area contributed by atoms with E-state index < -0.39 is 0 Å². The smallest absolute Gasteiger partial charge is 0.127 e. The summed E-state index contributed by atoms with van der Waals surface area (Å²) >= 11 is 3.35. The van der Waals surface area contributed by atoms with Crippen LogP contribution in [0.15, 0.2) is 46.9 Å². The van der Waals surface area contributed by atoms with Crippen LogP contribution in [0.25, 0.3) is 0 Å². The van der Waals surface area contributed by atoms with Crippen molar-refractivity contribution in [3.8, 4) is 0 Å². The third-order valence-electron chi connectivity index (χ3n) is 3.06. The molecule has 0 unspecified atom stereocenters. The predicted octanol–water partition coefficient (Wildman–Crippen LogP) is 4.02. The van der Waals surface area contributed by atoms with Crippen molar-refractivity contribution in [2.24, 2.45) is 0 Å². The predicted molar refractivity (Wildman–Crippen MR) is 81.8 cm³/mol. The lowest BCUT2D eigenvalue weighted by Crippen LogP contribution is -2.15. The first kappa shape index (κ1) is 15.2. The van der Waals surface area contributed by atoms with Gasteiger partial charge in [-0.25, -0.2) is 4.39 Å². The summed E-state index contributed by atoms with van der Waals surface area (Å²) in [6, 6.07) is 13.1. The zero-order valence-electron chi connectivity index (χ0n) is 11.3. The average Bonchev–Trinajstić information content (AvgIpc) is 2.45. The quantitative estimate of drug-likeness (QED) is 0.859. The maximum Gasteiger partial charge on any atom is 0.127 e. The Balaban J connectivity index is 1.97. The molecule has 0 aliphatic carbocycles. The third kappa shape index (κ3) is 4.13. The normalized spacial score (nSPS) is 10.8. The van der Waals surface area contributed by atoms with E-state index in [9.17, 15) is 4.39 Å². The number of hydrogen-bond acceptors (Lipinski definition) is 2. The summed E-state index contributed by atoms with van der Waals surface area (Å²) in [7, 11) is 1.68. The Morgan fingerprint density at radius 1 is 1.05 bits per heavy atom. The van der Waals surface area contributed by atoms with Crippen LogP contribution in [0.2, 0.25) is 0 Å².